The molecule has 0 saturated carbocycles. The number of carbonyl (C=O) groups excluding carboxylic acids is 2. The molecule has 1 aromatic carbocycles. The molecule has 2 aromatic rings. The van der Waals surface area contributed by atoms with Crippen LogP contribution < -0.4 is 5.32 Å². The normalized spacial score (nSPS) is 15.8. The Morgan fingerprint density at radius 2 is 2.03 bits per heavy atom. The highest BCUT2D eigenvalue weighted by Crippen LogP contribution is 2.37. The molecule has 0 fully saturated rings. The summed E-state index contributed by atoms with van der Waals surface area (Å²) in [6.07, 6.45) is 2.65. The van der Waals surface area contributed by atoms with Crippen LogP contribution in [0.5, 0.6) is 0 Å². The second kappa shape index (κ2) is 11.2. The van der Waals surface area contributed by atoms with Crippen LogP contribution in [-0.2, 0) is 19.1 Å². The smallest absolute Gasteiger partial charge is 0.338 e. The lowest BCUT2D eigenvalue weighted by atomic mass is 9.93. The molecule has 2 heterocycles. The third-order valence-corrected chi connectivity index (χ3v) is 5.73. The predicted octanol–water partition coefficient (Wildman–Crippen LogP) is 4.58. The Labute approximate surface area is 194 Å². The summed E-state index contributed by atoms with van der Waals surface area (Å²) in [6.45, 7) is 3.93. The highest BCUT2D eigenvalue weighted by Gasteiger charge is 2.33. The van der Waals surface area contributed by atoms with E-state index in [1.165, 1.54) is 29.5 Å². The number of aromatic nitrogens is 1. The molecule has 7 nitrogen and oxygen atoms in total. The lowest BCUT2D eigenvalue weighted by molar-refractivity contribution is -0.143. The van der Waals surface area contributed by atoms with E-state index in [0.29, 0.717) is 41.6 Å². The average molecular weight is 480 g/mol. The quantitative estimate of drug-likeness (QED) is 0.529. The molecule has 1 atom stereocenters. The van der Waals surface area contributed by atoms with Gasteiger partial charge in [-0.3, -0.25) is 9.79 Å². The van der Waals surface area contributed by atoms with E-state index in [0.717, 1.165) is 0 Å². The van der Waals surface area contributed by atoms with Crippen molar-refractivity contribution in [2.75, 3.05) is 13.2 Å². The Kier molecular flexibility index (Phi) is 8.35. The summed E-state index contributed by atoms with van der Waals surface area (Å²) in [5, 5.41) is 5.77. The average Bonchev–Trinajstić information content (AvgIpc) is 3.28. The van der Waals surface area contributed by atoms with Crippen molar-refractivity contribution in [3.63, 3.8) is 0 Å². The molecule has 1 aromatic heterocycles. The van der Waals surface area contributed by atoms with Crippen LogP contribution in [0.4, 0.5) is 4.39 Å². The van der Waals surface area contributed by atoms with Gasteiger partial charge in [0.05, 0.1) is 18.8 Å². The van der Waals surface area contributed by atoms with Gasteiger partial charge in [0.1, 0.15) is 11.9 Å². The van der Waals surface area contributed by atoms with E-state index < -0.39 is 17.8 Å². The summed E-state index contributed by atoms with van der Waals surface area (Å²) in [5.41, 5.74) is 1.29. The predicted molar refractivity (Wildman–Crippen MR) is 120 cm³/mol. The van der Waals surface area contributed by atoms with Crippen LogP contribution in [-0.4, -0.2) is 36.0 Å². The lowest BCUT2D eigenvalue weighted by Crippen LogP contribution is -2.34. The molecule has 0 radical (unpaired) electrons. The zero-order chi connectivity index (χ0) is 23.1. The molecular formula is C22H23ClFN3O4S. The number of rotatable bonds is 9. The summed E-state index contributed by atoms with van der Waals surface area (Å²) in [5.74, 6) is -0.898. The van der Waals surface area contributed by atoms with Gasteiger partial charge in [-0.15, -0.1) is 11.3 Å². The summed E-state index contributed by atoms with van der Waals surface area (Å²) in [4.78, 5) is 33.7. The van der Waals surface area contributed by atoms with Crippen molar-refractivity contribution in [3.05, 3.63) is 62.5 Å². The molecule has 0 spiro atoms. The second-order valence-corrected chi connectivity index (χ2v) is 8.08. The first-order valence-corrected chi connectivity index (χ1v) is 11.5. The van der Waals surface area contributed by atoms with Crippen molar-refractivity contribution in [2.45, 2.75) is 39.2 Å². The number of nitrogens with zero attached hydrogens (tertiary/aromatic N) is 2. The maximum atomic E-state index is 13.7. The molecule has 0 amide bonds. The van der Waals surface area contributed by atoms with Gasteiger partial charge in [-0.1, -0.05) is 17.7 Å². The molecule has 32 heavy (non-hydrogen) atoms. The van der Waals surface area contributed by atoms with E-state index in [1.807, 2.05) is 5.38 Å². The molecule has 0 bridgehead atoms. The van der Waals surface area contributed by atoms with Gasteiger partial charge in [0, 0.05) is 34.3 Å². The second-order valence-electron chi connectivity index (χ2n) is 6.78. The number of esters is 2. The topological polar surface area (TPSA) is 89.9 Å². The standard InChI is InChI=1S/C22H23ClFN3O4S/c1-3-30-17(28)7-5-6-16-18(22(29)31-4-2)19(14-9-8-13(24)12-15(14)23)27-20(26-16)21-25-10-11-32-21/h8-12,19H,3-7H2,1-2H3,(H,26,27). The Morgan fingerprint density at radius 3 is 2.69 bits per heavy atom. The molecule has 0 aliphatic carbocycles. The zero-order valence-electron chi connectivity index (χ0n) is 17.7. The minimum atomic E-state index is -0.820. The van der Waals surface area contributed by atoms with Crippen LogP contribution in [0.2, 0.25) is 5.02 Å². The van der Waals surface area contributed by atoms with Crippen molar-refractivity contribution >= 4 is 40.7 Å². The number of hydrogen-bond acceptors (Lipinski definition) is 8. The third-order valence-electron chi connectivity index (χ3n) is 4.63. The van der Waals surface area contributed by atoms with Crippen molar-refractivity contribution in [1.82, 2.24) is 10.3 Å². The molecule has 1 unspecified atom stereocenters. The number of hydrogen-bond donors (Lipinski definition) is 1. The fourth-order valence-corrected chi connectivity index (χ4v) is 4.14. The van der Waals surface area contributed by atoms with Crippen molar-refractivity contribution in [1.29, 1.82) is 0 Å². The van der Waals surface area contributed by atoms with Crippen LogP contribution in [0.3, 0.4) is 0 Å². The van der Waals surface area contributed by atoms with Crippen LogP contribution in [0, 0.1) is 5.82 Å². The van der Waals surface area contributed by atoms with Crippen LogP contribution in [0.1, 0.15) is 49.7 Å². The van der Waals surface area contributed by atoms with Crippen molar-refractivity contribution < 1.29 is 23.5 Å². The van der Waals surface area contributed by atoms with E-state index in [4.69, 9.17) is 21.1 Å². The first-order chi connectivity index (χ1) is 15.4. The van der Waals surface area contributed by atoms with Crippen LogP contribution >= 0.6 is 22.9 Å². The number of carbonyl (C=O) groups is 2. The number of amidine groups is 1. The largest absolute Gasteiger partial charge is 0.466 e. The van der Waals surface area contributed by atoms with Gasteiger partial charge in [-0.05, 0) is 38.8 Å². The summed E-state index contributed by atoms with van der Waals surface area (Å²) < 4.78 is 24.0. The first kappa shape index (κ1) is 23.9. The molecule has 3 rings (SSSR count). The molecule has 0 saturated heterocycles. The fraction of sp³-hybridized carbons (Fsp3) is 0.364. The number of allylic oxidation sites excluding steroid dienone is 1. The number of benzene rings is 1. The third kappa shape index (κ3) is 5.72. The number of nitrogens with one attached hydrogen (secondary N) is 1. The maximum Gasteiger partial charge on any atom is 0.338 e. The summed E-state index contributed by atoms with van der Waals surface area (Å²) in [7, 11) is 0. The minimum Gasteiger partial charge on any atom is -0.466 e. The minimum absolute atomic E-state index is 0.145. The molecule has 1 aliphatic heterocycles. The Morgan fingerprint density at radius 1 is 1.25 bits per heavy atom. The van der Waals surface area contributed by atoms with Crippen LogP contribution in [0.25, 0.3) is 0 Å². The maximum absolute atomic E-state index is 13.7. The molecular weight excluding hydrogens is 457 g/mol. The van der Waals surface area contributed by atoms with Gasteiger partial charge >= 0.3 is 11.9 Å². The SMILES string of the molecule is CCOC(=O)CCCC1=C(C(=O)OCC)C(c2ccc(F)cc2Cl)N=C(c2nccs2)N1. The lowest BCUT2D eigenvalue weighted by Gasteiger charge is -2.27. The van der Waals surface area contributed by atoms with E-state index >= 15 is 0 Å². The molecule has 10 heteroatoms. The van der Waals surface area contributed by atoms with E-state index in [2.05, 4.69) is 15.3 Å². The number of halogens is 2. The number of ether oxygens (including phenoxy) is 2. The summed E-state index contributed by atoms with van der Waals surface area (Å²) in [6, 6.07) is 3.14. The number of thiazole rings is 1. The zero-order valence-corrected chi connectivity index (χ0v) is 19.3. The Hall–Kier alpha value is -2.78. The Balaban J connectivity index is 2.04. The highest BCUT2D eigenvalue weighted by molar-refractivity contribution is 7.11. The van der Waals surface area contributed by atoms with E-state index in [-0.39, 0.29) is 29.6 Å². The van der Waals surface area contributed by atoms with Crippen LogP contribution in [0.15, 0.2) is 46.0 Å². The van der Waals surface area contributed by atoms with Gasteiger partial charge in [0.2, 0.25) is 0 Å². The van der Waals surface area contributed by atoms with Gasteiger partial charge < -0.3 is 14.8 Å². The Bertz CT molecular complexity index is 1040. The molecule has 170 valence electrons. The number of aliphatic imine (C=N–C) groups is 1. The van der Waals surface area contributed by atoms with Gasteiger partial charge in [0.15, 0.2) is 10.8 Å². The van der Waals surface area contributed by atoms with E-state index in [9.17, 15) is 14.0 Å². The molecule has 1 aliphatic rings. The highest BCUT2D eigenvalue weighted by atomic mass is 35.5. The van der Waals surface area contributed by atoms with E-state index in [1.54, 1.807) is 20.0 Å². The monoisotopic (exact) mass is 479 g/mol. The molecule has 1 N–H and O–H groups in total. The van der Waals surface area contributed by atoms with Gasteiger partial charge in [0.25, 0.3) is 0 Å². The van der Waals surface area contributed by atoms with Gasteiger partial charge in [-0.2, -0.15) is 0 Å². The van der Waals surface area contributed by atoms with Gasteiger partial charge in [-0.25, -0.2) is 14.2 Å². The first-order valence-electron chi connectivity index (χ1n) is 10.2. The van der Waals surface area contributed by atoms with Crippen molar-refractivity contribution in [3.8, 4) is 0 Å². The van der Waals surface area contributed by atoms with Crippen molar-refractivity contribution in [2.24, 2.45) is 4.99 Å². The fourth-order valence-electron chi connectivity index (χ4n) is 3.28. The summed E-state index contributed by atoms with van der Waals surface area (Å²) >= 11 is 7.71.